The summed E-state index contributed by atoms with van der Waals surface area (Å²) in [6.07, 6.45) is 5.01. The number of hydrogen-bond acceptors (Lipinski definition) is 4. The van der Waals surface area contributed by atoms with Gasteiger partial charge < -0.3 is 5.73 Å². The fraction of sp³-hybridized carbons (Fsp3) is 0.800. The number of nitrogens with two attached hydrogens (primary N) is 1. The van der Waals surface area contributed by atoms with Gasteiger partial charge in [0.05, 0.1) is 10.7 Å². The second-order valence-electron chi connectivity index (χ2n) is 6.84. The van der Waals surface area contributed by atoms with Crippen LogP contribution >= 0.6 is 11.3 Å². The number of aromatic nitrogens is 1. The second kappa shape index (κ2) is 5.51. The lowest BCUT2D eigenvalue weighted by molar-refractivity contribution is 0.0217. The highest BCUT2D eigenvalue weighted by Gasteiger charge is 2.41. The van der Waals surface area contributed by atoms with Crippen LogP contribution in [0.15, 0.2) is 5.38 Å². The Bertz CT molecular complexity index is 427. The average Bonchev–Trinajstić information content (AvgIpc) is 2.73. The Hall–Kier alpha value is -0.450. The lowest BCUT2D eigenvalue weighted by Crippen LogP contribution is -2.55. The molecule has 1 aromatic heterocycles. The number of likely N-dealkylation sites (N-methyl/N-ethyl adjacent to an activating group) is 1. The van der Waals surface area contributed by atoms with Crippen molar-refractivity contribution in [2.45, 2.75) is 58.5 Å². The van der Waals surface area contributed by atoms with E-state index in [-0.39, 0.29) is 5.54 Å². The van der Waals surface area contributed by atoms with E-state index in [0.717, 1.165) is 18.1 Å². The maximum Gasteiger partial charge on any atom is 0.0897 e. The average molecular weight is 281 g/mol. The maximum atomic E-state index is 6.16. The molecule has 19 heavy (non-hydrogen) atoms. The van der Waals surface area contributed by atoms with Gasteiger partial charge in [-0.25, -0.2) is 4.98 Å². The van der Waals surface area contributed by atoms with Crippen LogP contribution in [0.25, 0.3) is 0 Å². The number of thiazole rings is 1. The van der Waals surface area contributed by atoms with Crippen LogP contribution in [0, 0.1) is 12.3 Å². The van der Waals surface area contributed by atoms with Crippen molar-refractivity contribution < 1.29 is 0 Å². The molecule has 3 nitrogen and oxygen atoms in total. The standard InChI is InChI=1S/C15H27N3S/c1-12-17-13(9-19-12)8-18(4)15(11-16)7-5-6-14(2,3)10-15/h9H,5-8,10-11,16H2,1-4H3. The van der Waals surface area contributed by atoms with Crippen LogP contribution in [0.2, 0.25) is 0 Å². The molecule has 1 unspecified atom stereocenters. The zero-order valence-electron chi connectivity index (χ0n) is 12.7. The minimum absolute atomic E-state index is 0.152. The van der Waals surface area contributed by atoms with Crippen molar-refractivity contribution in [2.75, 3.05) is 13.6 Å². The van der Waals surface area contributed by atoms with Gasteiger partial charge in [0.15, 0.2) is 0 Å². The van der Waals surface area contributed by atoms with Crippen molar-refractivity contribution >= 4 is 11.3 Å². The van der Waals surface area contributed by atoms with Crippen molar-refractivity contribution in [1.82, 2.24) is 9.88 Å². The van der Waals surface area contributed by atoms with Gasteiger partial charge in [-0.15, -0.1) is 11.3 Å². The van der Waals surface area contributed by atoms with Gasteiger partial charge >= 0.3 is 0 Å². The van der Waals surface area contributed by atoms with E-state index in [1.807, 2.05) is 0 Å². The van der Waals surface area contributed by atoms with Crippen LogP contribution in [0.5, 0.6) is 0 Å². The monoisotopic (exact) mass is 281 g/mol. The molecule has 1 heterocycles. The first-order valence-electron chi connectivity index (χ1n) is 7.19. The first-order chi connectivity index (χ1) is 8.87. The van der Waals surface area contributed by atoms with Crippen LogP contribution < -0.4 is 5.73 Å². The summed E-state index contributed by atoms with van der Waals surface area (Å²) >= 11 is 1.73. The molecule has 0 spiro atoms. The Morgan fingerprint density at radius 2 is 2.16 bits per heavy atom. The van der Waals surface area contributed by atoms with Gasteiger partial charge in [0.25, 0.3) is 0 Å². The molecule has 1 aliphatic rings. The van der Waals surface area contributed by atoms with E-state index >= 15 is 0 Å². The Kier molecular flexibility index (Phi) is 4.33. The quantitative estimate of drug-likeness (QED) is 0.921. The second-order valence-corrected chi connectivity index (χ2v) is 7.90. The number of aryl methyl sites for hydroxylation is 1. The minimum Gasteiger partial charge on any atom is -0.329 e. The third-order valence-electron chi connectivity index (χ3n) is 4.56. The largest absolute Gasteiger partial charge is 0.329 e. The molecule has 108 valence electrons. The van der Waals surface area contributed by atoms with Gasteiger partial charge in [-0.1, -0.05) is 20.3 Å². The summed E-state index contributed by atoms with van der Waals surface area (Å²) in [6, 6.07) is 0. The fourth-order valence-electron chi connectivity index (χ4n) is 3.51. The van der Waals surface area contributed by atoms with Crippen LogP contribution in [0.3, 0.4) is 0 Å². The zero-order valence-corrected chi connectivity index (χ0v) is 13.5. The van der Waals surface area contributed by atoms with Crippen molar-refractivity contribution in [3.63, 3.8) is 0 Å². The summed E-state index contributed by atoms with van der Waals surface area (Å²) < 4.78 is 0. The smallest absolute Gasteiger partial charge is 0.0897 e. The first kappa shape index (κ1) is 14.9. The van der Waals surface area contributed by atoms with Crippen LogP contribution in [0.1, 0.15) is 50.2 Å². The van der Waals surface area contributed by atoms with Crippen molar-refractivity contribution in [1.29, 1.82) is 0 Å². The first-order valence-corrected chi connectivity index (χ1v) is 8.07. The van der Waals surface area contributed by atoms with Gasteiger partial charge in [0, 0.05) is 24.0 Å². The molecule has 1 aromatic rings. The molecule has 1 saturated carbocycles. The molecule has 1 aliphatic carbocycles. The fourth-order valence-corrected chi connectivity index (χ4v) is 4.11. The molecule has 0 aliphatic heterocycles. The van der Waals surface area contributed by atoms with E-state index < -0.39 is 0 Å². The van der Waals surface area contributed by atoms with Gasteiger partial charge in [0.1, 0.15) is 0 Å². The summed E-state index contributed by atoms with van der Waals surface area (Å²) in [6.45, 7) is 8.47. The molecule has 0 radical (unpaired) electrons. The molecule has 0 amide bonds. The van der Waals surface area contributed by atoms with Crippen LogP contribution in [0.4, 0.5) is 0 Å². The van der Waals surface area contributed by atoms with E-state index in [0.29, 0.717) is 5.41 Å². The predicted molar refractivity (Wildman–Crippen MR) is 82.4 cm³/mol. The van der Waals surface area contributed by atoms with Gasteiger partial charge in [0.2, 0.25) is 0 Å². The molecule has 2 N–H and O–H groups in total. The molecule has 4 heteroatoms. The number of rotatable bonds is 4. The third-order valence-corrected chi connectivity index (χ3v) is 5.38. The minimum atomic E-state index is 0.152. The third kappa shape index (κ3) is 3.36. The van der Waals surface area contributed by atoms with Crippen molar-refractivity contribution in [2.24, 2.45) is 11.1 Å². The maximum absolute atomic E-state index is 6.16. The Morgan fingerprint density at radius 3 is 2.68 bits per heavy atom. The molecular formula is C15H27N3S. The summed E-state index contributed by atoms with van der Waals surface area (Å²) in [5.41, 5.74) is 7.90. The molecule has 0 bridgehead atoms. The summed E-state index contributed by atoms with van der Waals surface area (Å²) in [5.74, 6) is 0. The molecular weight excluding hydrogens is 254 g/mol. The highest BCUT2D eigenvalue weighted by Crippen LogP contribution is 2.43. The van der Waals surface area contributed by atoms with Crippen molar-refractivity contribution in [3.05, 3.63) is 16.1 Å². The SMILES string of the molecule is Cc1nc(CN(C)C2(CN)CCCC(C)(C)C2)cs1. The molecule has 2 rings (SSSR count). The lowest BCUT2D eigenvalue weighted by Gasteiger charge is -2.49. The molecule has 1 atom stereocenters. The van der Waals surface area contributed by atoms with Gasteiger partial charge in [-0.05, 0) is 38.6 Å². The predicted octanol–water partition coefficient (Wildman–Crippen LogP) is 3.18. The van der Waals surface area contributed by atoms with E-state index in [4.69, 9.17) is 5.73 Å². The topological polar surface area (TPSA) is 42.2 Å². The van der Waals surface area contributed by atoms with Crippen LogP contribution in [-0.2, 0) is 6.54 Å². The van der Waals surface area contributed by atoms with E-state index in [9.17, 15) is 0 Å². The molecule has 1 fully saturated rings. The van der Waals surface area contributed by atoms with Crippen LogP contribution in [-0.4, -0.2) is 29.0 Å². The summed E-state index contributed by atoms with van der Waals surface area (Å²) in [4.78, 5) is 7.03. The Balaban J connectivity index is 2.11. The van der Waals surface area contributed by atoms with Crippen molar-refractivity contribution in [3.8, 4) is 0 Å². The molecule has 0 saturated heterocycles. The Morgan fingerprint density at radius 1 is 1.42 bits per heavy atom. The molecule has 0 aromatic carbocycles. The highest BCUT2D eigenvalue weighted by atomic mass is 32.1. The number of nitrogens with zero attached hydrogens (tertiary/aromatic N) is 2. The Labute approximate surface area is 121 Å². The van der Waals surface area contributed by atoms with Gasteiger partial charge in [-0.2, -0.15) is 0 Å². The summed E-state index contributed by atoms with van der Waals surface area (Å²) in [5, 5.41) is 3.32. The summed E-state index contributed by atoms with van der Waals surface area (Å²) in [7, 11) is 2.21. The van der Waals surface area contributed by atoms with E-state index in [1.165, 1.54) is 31.4 Å². The van der Waals surface area contributed by atoms with E-state index in [2.05, 4.69) is 43.1 Å². The normalized spacial score (nSPS) is 26.8. The highest BCUT2D eigenvalue weighted by molar-refractivity contribution is 7.09. The zero-order chi connectivity index (χ0) is 14.1. The van der Waals surface area contributed by atoms with Gasteiger partial charge in [-0.3, -0.25) is 4.90 Å². The van der Waals surface area contributed by atoms with E-state index in [1.54, 1.807) is 11.3 Å². The lowest BCUT2D eigenvalue weighted by atomic mass is 9.67. The number of hydrogen-bond donors (Lipinski definition) is 1.